The Morgan fingerprint density at radius 2 is 1.84 bits per heavy atom. The van der Waals surface area contributed by atoms with Crippen LogP contribution in [0.4, 0.5) is 13.3 Å². The second-order valence-corrected chi connectivity index (χ2v) is 3.55. The quantitative estimate of drug-likeness (QED) is 0.367. The first kappa shape index (κ1) is 17.7. The average molecular weight is 291 g/mol. The number of aliphatic hydroxyl groups is 4. The summed E-state index contributed by atoms with van der Waals surface area (Å²) in [5.74, 6) is -13.3. The molecule has 0 heterocycles. The van der Waals surface area contributed by atoms with Gasteiger partial charge < -0.3 is 20.4 Å². The van der Waals surface area contributed by atoms with E-state index in [1.807, 2.05) is 0 Å². The Hall–Kier alpha value is -1.27. The van der Waals surface area contributed by atoms with E-state index in [0.717, 1.165) is 5.32 Å². The molecule has 0 fully saturated rings. The molecular formula is C8H12F3NO7. The molecule has 0 radical (unpaired) electrons. The Morgan fingerprint density at radius 3 is 2.16 bits per heavy atom. The second-order valence-electron chi connectivity index (χ2n) is 3.55. The molecule has 3 unspecified atom stereocenters. The van der Waals surface area contributed by atoms with E-state index in [1.165, 1.54) is 0 Å². The van der Waals surface area contributed by atoms with Gasteiger partial charge in [-0.1, -0.05) is 0 Å². The van der Waals surface area contributed by atoms with E-state index in [2.05, 4.69) is 4.94 Å². The van der Waals surface area contributed by atoms with Crippen LogP contribution in [-0.4, -0.2) is 62.8 Å². The van der Waals surface area contributed by atoms with Gasteiger partial charge in [0.05, 0.1) is 6.61 Å². The van der Waals surface area contributed by atoms with E-state index in [9.17, 15) is 22.9 Å². The van der Waals surface area contributed by atoms with Gasteiger partial charge in [-0.05, 0) is 4.53 Å². The number of amides is 2. The minimum absolute atomic E-state index is 0.687. The van der Waals surface area contributed by atoms with Gasteiger partial charge in [-0.2, -0.15) is 4.39 Å². The molecule has 19 heavy (non-hydrogen) atoms. The number of carbonyl (C=O) groups excluding carboxylic acids is 2. The molecule has 0 aromatic rings. The van der Waals surface area contributed by atoms with Gasteiger partial charge in [0.15, 0.2) is 0 Å². The van der Waals surface area contributed by atoms with Crippen molar-refractivity contribution in [3.8, 4) is 0 Å². The number of nitrogens with one attached hydrogen (secondary N) is 1. The van der Waals surface area contributed by atoms with Gasteiger partial charge >= 0.3 is 17.6 Å². The van der Waals surface area contributed by atoms with Gasteiger partial charge in [0.25, 0.3) is 0 Å². The molecule has 0 bridgehead atoms. The van der Waals surface area contributed by atoms with Crippen LogP contribution in [0.5, 0.6) is 0 Å². The predicted molar refractivity (Wildman–Crippen MR) is 50.0 cm³/mol. The number of alkyl halides is 2. The van der Waals surface area contributed by atoms with Crippen LogP contribution in [0, 0.1) is 0 Å². The van der Waals surface area contributed by atoms with Crippen LogP contribution >= 0.6 is 0 Å². The lowest BCUT2D eigenvalue weighted by molar-refractivity contribution is -0.389. The van der Waals surface area contributed by atoms with Crippen LogP contribution in [0.25, 0.3) is 0 Å². The van der Waals surface area contributed by atoms with Crippen molar-refractivity contribution in [2.45, 2.75) is 30.8 Å². The zero-order chi connectivity index (χ0) is 15.4. The van der Waals surface area contributed by atoms with Crippen molar-refractivity contribution in [1.82, 2.24) is 5.32 Å². The smallest absolute Gasteiger partial charge is 0.382 e. The summed E-state index contributed by atoms with van der Waals surface area (Å²) in [6.45, 7) is -0.656. The number of hydrogen-bond acceptors (Lipinski definition) is 7. The van der Waals surface area contributed by atoms with E-state index in [4.69, 9.17) is 20.4 Å². The molecule has 0 rings (SSSR count). The molecule has 0 aliphatic rings. The molecule has 4 atom stereocenters. The fourth-order valence-electron chi connectivity index (χ4n) is 1.03. The molecule has 8 nitrogen and oxygen atoms in total. The van der Waals surface area contributed by atoms with Crippen molar-refractivity contribution in [2.75, 3.05) is 6.61 Å². The highest BCUT2D eigenvalue weighted by Crippen LogP contribution is 2.35. The maximum atomic E-state index is 13.7. The van der Waals surface area contributed by atoms with Crippen molar-refractivity contribution in [1.29, 1.82) is 0 Å². The van der Waals surface area contributed by atoms with Crippen molar-refractivity contribution >= 4 is 11.8 Å². The molecule has 0 aromatic heterocycles. The lowest BCUT2D eigenvalue weighted by atomic mass is 9.98. The van der Waals surface area contributed by atoms with Crippen LogP contribution in [0.2, 0.25) is 0 Å². The number of aliphatic hydroxyl groups excluding tert-OH is 3. The lowest BCUT2D eigenvalue weighted by Gasteiger charge is -2.34. The van der Waals surface area contributed by atoms with E-state index in [1.54, 1.807) is 0 Å². The zero-order valence-corrected chi connectivity index (χ0v) is 9.51. The molecule has 0 saturated carbocycles. The first-order valence-corrected chi connectivity index (χ1v) is 4.73. The summed E-state index contributed by atoms with van der Waals surface area (Å²) >= 11 is 0. The number of halogens is 3. The Kier molecular flexibility index (Phi) is 5.83. The highest BCUT2D eigenvalue weighted by Gasteiger charge is 2.67. The zero-order valence-electron chi connectivity index (χ0n) is 9.51. The average Bonchev–Trinajstić information content (AvgIpc) is 2.34. The standard InChI is InChI=1S/C8H12F3NO7/c1-3(14)12-6(17)8(10,19-11)7(9,18)5(16)4(15)2-13/h4-5,13,15-16,18H,2H2,1H3,(H,12,14,17)/t4?,5?,7-,8?/m0/s1. The second kappa shape index (κ2) is 6.25. The molecule has 0 aromatic carbocycles. The molecule has 0 aliphatic carbocycles. The monoisotopic (exact) mass is 291 g/mol. The first-order valence-electron chi connectivity index (χ1n) is 4.73. The fourth-order valence-corrected chi connectivity index (χ4v) is 1.03. The van der Waals surface area contributed by atoms with Gasteiger partial charge in [-0.3, -0.25) is 14.9 Å². The molecule has 2 amide bonds. The molecule has 11 heteroatoms. The lowest BCUT2D eigenvalue weighted by Crippen LogP contribution is -2.66. The number of carbonyl (C=O) groups is 2. The van der Waals surface area contributed by atoms with E-state index in [0.29, 0.717) is 6.92 Å². The third-order valence-corrected chi connectivity index (χ3v) is 2.08. The third-order valence-electron chi connectivity index (χ3n) is 2.08. The molecule has 112 valence electrons. The van der Waals surface area contributed by atoms with Crippen molar-refractivity contribution in [3.63, 3.8) is 0 Å². The van der Waals surface area contributed by atoms with Gasteiger partial charge in [0.2, 0.25) is 5.91 Å². The number of rotatable bonds is 6. The fraction of sp³-hybridized carbons (Fsp3) is 0.750. The SMILES string of the molecule is CC(=O)NC(=O)C(F)(OF)[C@](O)(F)C(O)C(O)CO. The molecule has 0 saturated heterocycles. The van der Waals surface area contributed by atoms with Gasteiger partial charge in [-0.15, -0.1) is 4.94 Å². The minimum Gasteiger partial charge on any atom is -0.394 e. The topological polar surface area (TPSA) is 136 Å². The Bertz CT molecular complexity index is 353. The van der Waals surface area contributed by atoms with Crippen LogP contribution in [0.15, 0.2) is 0 Å². The first-order chi connectivity index (χ1) is 8.54. The Balaban J connectivity index is 5.40. The molecule has 0 spiro atoms. The van der Waals surface area contributed by atoms with Crippen LogP contribution in [-0.2, 0) is 14.5 Å². The highest BCUT2D eigenvalue weighted by molar-refractivity contribution is 5.98. The summed E-state index contributed by atoms with van der Waals surface area (Å²) < 4.78 is 39.3. The molecule has 0 aliphatic heterocycles. The van der Waals surface area contributed by atoms with Gasteiger partial charge in [-0.25, -0.2) is 4.39 Å². The van der Waals surface area contributed by atoms with E-state index >= 15 is 0 Å². The van der Waals surface area contributed by atoms with Crippen molar-refractivity contribution in [3.05, 3.63) is 0 Å². The number of hydrogen-bond donors (Lipinski definition) is 5. The largest absolute Gasteiger partial charge is 0.394 e. The Morgan fingerprint density at radius 1 is 1.37 bits per heavy atom. The van der Waals surface area contributed by atoms with E-state index in [-0.39, 0.29) is 0 Å². The predicted octanol–water partition coefficient (Wildman–Crippen LogP) is -2.41. The van der Waals surface area contributed by atoms with Gasteiger partial charge in [0, 0.05) is 6.92 Å². The number of imide groups is 1. The Labute approximate surface area is 104 Å². The maximum absolute atomic E-state index is 13.7. The summed E-state index contributed by atoms with van der Waals surface area (Å²) in [7, 11) is 0. The summed E-state index contributed by atoms with van der Waals surface area (Å²) in [6.07, 6.45) is -5.60. The summed E-state index contributed by atoms with van der Waals surface area (Å²) in [4.78, 5) is 23.9. The van der Waals surface area contributed by atoms with Crippen molar-refractivity contribution in [2.24, 2.45) is 0 Å². The van der Waals surface area contributed by atoms with Crippen LogP contribution < -0.4 is 5.32 Å². The minimum atomic E-state index is -4.84. The van der Waals surface area contributed by atoms with Crippen LogP contribution in [0.1, 0.15) is 6.92 Å². The van der Waals surface area contributed by atoms with E-state index < -0.39 is 42.3 Å². The van der Waals surface area contributed by atoms with Crippen LogP contribution in [0.3, 0.4) is 0 Å². The molecular weight excluding hydrogens is 279 g/mol. The highest BCUT2D eigenvalue weighted by atomic mass is 19.3. The summed E-state index contributed by atoms with van der Waals surface area (Å²) in [5.41, 5.74) is 0. The normalized spacial score (nSPS) is 20.8. The maximum Gasteiger partial charge on any atom is 0.382 e. The van der Waals surface area contributed by atoms with Gasteiger partial charge in [0.1, 0.15) is 12.2 Å². The van der Waals surface area contributed by atoms with Crippen molar-refractivity contribution < 1.29 is 48.3 Å². The third kappa shape index (κ3) is 3.39. The molecule has 5 N–H and O–H groups in total. The summed E-state index contributed by atoms with van der Waals surface area (Å²) in [5, 5.41) is 36.3. The summed E-state index contributed by atoms with van der Waals surface area (Å²) in [6, 6.07) is 0.